The Morgan fingerprint density at radius 3 is 2.38 bits per heavy atom. The molecule has 1 N–H and O–H groups in total. The van der Waals surface area contributed by atoms with Gasteiger partial charge in [-0.25, -0.2) is 8.78 Å². The first-order chi connectivity index (χ1) is 9.95. The van der Waals surface area contributed by atoms with Crippen LogP contribution in [0.4, 0.5) is 8.78 Å². The number of rotatable bonds is 7. The van der Waals surface area contributed by atoms with Crippen molar-refractivity contribution >= 4 is 27.8 Å². The molecule has 0 saturated heterocycles. The van der Waals surface area contributed by atoms with Gasteiger partial charge in [0.05, 0.1) is 7.11 Å². The van der Waals surface area contributed by atoms with Gasteiger partial charge in [0.25, 0.3) is 5.91 Å². The van der Waals surface area contributed by atoms with Crippen LogP contribution < -0.4 is 5.32 Å². The minimum Gasteiger partial charge on any atom is -0.469 e. The molecule has 0 heterocycles. The van der Waals surface area contributed by atoms with E-state index in [0.717, 1.165) is 12.1 Å². The number of ether oxygens (including phenoxy) is 1. The number of carbonyl (C=O) groups excluding carboxylic acids is 2. The van der Waals surface area contributed by atoms with Gasteiger partial charge in [-0.1, -0.05) is 22.4 Å². The molecule has 0 aliphatic heterocycles. The molecule has 7 heteroatoms. The lowest BCUT2D eigenvalue weighted by Crippen LogP contribution is -2.26. The van der Waals surface area contributed by atoms with Crippen LogP contribution in [0.5, 0.6) is 0 Å². The molecule has 4 nitrogen and oxygen atoms in total. The fourth-order valence-electron chi connectivity index (χ4n) is 1.72. The number of unbranched alkanes of at least 4 members (excludes halogenated alkanes) is 2. The van der Waals surface area contributed by atoms with Gasteiger partial charge in [-0.3, -0.25) is 9.59 Å². The summed E-state index contributed by atoms with van der Waals surface area (Å²) >= 11 is 2.95. The van der Waals surface area contributed by atoms with Gasteiger partial charge in [0.2, 0.25) is 0 Å². The summed E-state index contributed by atoms with van der Waals surface area (Å²) in [5.41, 5.74) is -0.590. The summed E-state index contributed by atoms with van der Waals surface area (Å²) < 4.78 is 31.8. The van der Waals surface area contributed by atoms with Crippen LogP contribution in [0, 0.1) is 11.6 Å². The van der Waals surface area contributed by atoms with Crippen LogP contribution in [-0.4, -0.2) is 25.5 Å². The zero-order valence-electron chi connectivity index (χ0n) is 11.5. The second-order valence-electron chi connectivity index (χ2n) is 4.39. The van der Waals surface area contributed by atoms with E-state index < -0.39 is 23.1 Å². The summed E-state index contributed by atoms with van der Waals surface area (Å²) in [4.78, 5) is 22.6. The van der Waals surface area contributed by atoms with Crippen molar-refractivity contribution in [3.63, 3.8) is 0 Å². The Morgan fingerprint density at radius 1 is 1.19 bits per heavy atom. The van der Waals surface area contributed by atoms with Gasteiger partial charge in [-0.15, -0.1) is 0 Å². The molecule has 21 heavy (non-hydrogen) atoms. The molecule has 1 aromatic carbocycles. The van der Waals surface area contributed by atoms with Crippen LogP contribution >= 0.6 is 15.9 Å². The van der Waals surface area contributed by atoms with E-state index in [1.807, 2.05) is 0 Å². The maximum Gasteiger partial charge on any atom is 0.305 e. The molecule has 0 radical (unpaired) electrons. The van der Waals surface area contributed by atoms with Crippen molar-refractivity contribution in [2.24, 2.45) is 0 Å². The first kappa shape index (κ1) is 17.6. The number of nitrogens with one attached hydrogen (secondary N) is 1. The van der Waals surface area contributed by atoms with Crippen molar-refractivity contribution in [2.75, 3.05) is 13.7 Å². The zero-order valence-corrected chi connectivity index (χ0v) is 13.1. The maximum absolute atomic E-state index is 13.5. The van der Waals surface area contributed by atoms with Crippen LogP contribution in [0.2, 0.25) is 0 Å². The lowest BCUT2D eigenvalue weighted by atomic mass is 10.1. The predicted octanol–water partition coefficient (Wildman–Crippen LogP) is 3.19. The smallest absolute Gasteiger partial charge is 0.305 e. The minimum absolute atomic E-state index is 0.233. The Balaban J connectivity index is 2.36. The highest BCUT2D eigenvalue weighted by Gasteiger charge is 2.17. The van der Waals surface area contributed by atoms with E-state index >= 15 is 0 Å². The molecule has 0 unspecified atom stereocenters. The minimum atomic E-state index is -0.912. The molecule has 1 aromatic rings. The molecule has 0 aliphatic rings. The summed E-state index contributed by atoms with van der Waals surface area (Å²) in [6.45, 7) is 0.287. The highest BCUT2D eigenvalue weighted by molar-refractivity contribution is 9.10. The monoisotopic (exact) mass is 363 g/mol. The third kappa shape index (κ3) is 5.79. The topological polar surface area (TPSA) is 55.4 Å². The van der Waals surface area contributed by atoms with Crippen molar-refractivity contribution in [3.05, 3.63) is 33.8 Å². The van der Waals surface area contributed by atoms with Gasteiger partial charge in [0.15, 0.2) is 0 Å². The highest BCUT2D eigenvalue weighted by atomic mass is 79.9. The lowest BCUT2D eigenvalue weighted by Gasteiger charge is -2.07. The Labute approximate surface area is 130 Å². The zero-order chi connectivity index (χ0) is 15.8. The number of amides is 1. The molecule has 1 amide bonds. The molecule has 0 aromatic heterocycles. The maximum atomic E-state index is 13.5. The molecule has 0 bridgehead atoms. The quantitative estimate of drug-likeness (QED) is 0.597. The molecule has 0 atom stereocenters. The third-order valence-corrected chi connectivity index (χ3v) is 3.26. The van der Waals surface area contributed by atoms with Crippen molar-refractivity contribution in [1.82, 2.24) is 5.32 Å². The summed E-state index contributed by atoms with van der Waals surface area (Å²) in [7, 11) is 1.32. The van der Waals surface area contributed by atoms with Crippen LogP contribution in [0.3, 0.4) is 0 Å². The van der Waals surface area contributed by atoms with Gasteiger partial charge >= 0.3 is 5.97 Å². The van der Waals surface area contributed by atoms with Gasteiger partial charge in [-0.05, 0) is 25.0 Å². The van der Waals surface area contributed by atoms with E-state index in [1.54, 1.807) is 0 Å². The molecule has 0 fully saturated rings. The number of esters is 1. The first-order valence-corrected chi connectivity index (χ1v) is 7.24. The summed E-state index contributed by atoms with van der Waals surface area (Å²) in [5.74, 6) is -2.89. The molecule has 0 aliphatic carbocycles. The van der Waals surface area contributed by atoms with Crippen LogP contribution in [0.15, 0.2) is 16.6 Å². The van der Waals surface area contributed by atoms with Crippen LogP contribution in [0.25, 0.3) is 0 Å². The second kappa shape index (κ2) is 8.71. The third-order valence-electron chi connectivity index (χ3n) is 2.80. The van der Waals surface area contributed by atoms with Gasteiger partial charge < -0.3 is 10.1 Å². The van der Waals surface area contributed by atoms with E-state index in [-0.39, 0.29) is 17.0 Å². The van der Waals surface area contributed by atoms with E-state index in [9.17, 15) is 18.4 Å². The van der Waals surface area contributed by atoms with Crippen molar-refractivity contribution in [1.29, 1.82) is 0 Å². The lowest BCUT2D eigenvalue weighted by molar-refractivity contribution is -0.140. The average Bonchev–Trinajstić information content (AvgIpc) is 2.41. The largest absolute Gasteiger partial charge is 0.469 e. The molecular weight excluding hydrogens is 348 g/mol. The Morgan fingerprint density at radius 2 is 1.81 bits per heavy atom. The van der Waals surface area contributed by atoms with Gasteiger partial charge in [-0.2, -0.15) is 0 Å². The number of hydrogen-bond donors (Lipinski definition) is 1. The highest BCUT2D eigenvalue weighted by Crippen LogP contribution is 2.19. The Hall–Kier alpha value is -1.50. The summed E-state index contributed by atoms with van der Waals surface area (Å²) in [5, 5.41) is 2.45. The molecular formula is C14H16BrF2NO3. The van der Waals surface area contributed by atoms with Crippen molar-refractivity contribution < 1.29 is 23.1 Å². The van der Waals surface area contributed by atoms with Gasteiger partial charge in [0, 0.05) is 17.4 Å². The Bertz CT molecular complexity index is 500. The van der Waals surface area contributed by atoms with Crippen molar-refractivity contribution in [3.8, 4) is 0 Å². The van der Waals surface area contributed by atoms with Crippen LogP contribution in [0.1, 0.15) is 36.0 Å². The number of halogens is 3. The summed E-state index contributed by atoms with van der Waals surface area (Å²) in [6.07, 6.45) is 2.28. The number of hydrogen-bond acceptors (Lipinski definition) is 3. The number of methoxy groups -OCH3 is 1. The first-order valence-electron chi connectivity index (χ1n) is 6.45. The number of carbonyl (C=O) groups is 2. The summed E-state index contributed by atoms with van der Waals surface area (Å²) in [6, 6.07) is 2.07. The fraction of sp³-hybridized carbons (Fsp3) is 0.429. The van der Waals surface area contributed by atoms with E-state index in [0.29, 0.717) is 25.7 Å². The SMILES string of the molecule is COC(=O)CCCCCNC(=O)c1c(F)cc(Br)cc1F. The van der Waals surface area contributed by atoms with E-state index in [1.165, 1.54) is 7.11 Å². The van der Waals surface area contributed by atoms with Crippen molar-refractivity contribution in [2.45, 2.75) is 25.7 Å². The molecule has 0 spiro atoms. The molecule has 0 saturated carbocycles. The normalized spacial score (nSPS) is 10.3. The van der Waals surface area contributed by atoms with E-state index in [4.69, 9.17) is 0 Å². The fourth-order valence-corrected chi connectivity index (χ4v) is 2.12. The predicted molar refractivity (Wildman–Crippen MR) is 76.9 cm³/mol. The standard InChI is InChI=1S/C14H16BrF2NO3/c1-21-12(19)5-3-2-4-6-18-14(20)13-10(16)7-9(15)8-11(13)17/h7-8H,2-6H2,1H3,(H,18,20). The average molecular weight is 364 g/mol. The number of benzene rings is 1. The van der Waals surface area contributed by atoms with Crippen LogP contribution in [-0.2, 0) is 9.53 Å². The van der Waals surface area contributed by atoms with Gasteiger partial charge in [0.1, 0.15) is 17.2 Å². The van der Waals surface area contributed by atoms with E-state index in [2.05, 4.69) is 26.0 Å². The Kier molecular flexibility index (Phi) is 7.28. The molecule has 1 rings (SSSR count). The molecule has 116 valence electrons. The second-order valence-corrected chi connectivity index (χ2v) is 5.30.